The fourth-order valence-electron chi connectivity index (χ4n) is 3.69. The zero-order valence-corrected chi connectivity index (χ0v) is 17.4. The molecular formula is C19H31IN4O. The van der Waals surface area contributed by atoms with Crippen LogP contribution in [0.4, 0.5) is 0 Å². The van der Waals surface area contributed by atoms with Crippen LogP contribution in [0.1, 0.15) is 37.8 Å². The van der Waals surface area contributed by atoms with Crippen molar-refractivity contribution >= 4 is 29.9 Å². The van der Waals surface area contributed by atoms with Gasteiger partial charge in [0.25, 0.3) is 0 Å². The summed E-state index contributed by atoms with van der Waals surface area (Å²) in [5.74, 6) is 0.939. The Labute approximate surface area is 168 Å². The summed E-state index contributed by atoms with van der Waals surface area (Å²) in [4.78, 5) is 9.67. The number of nitrogens with zero attached hydrogens (tertiary/aromatic N) is 3. The second kappa shape index (κ2) is 10.3. The number of guanidine groups is 1. The predicted octanol–water partition coefficient (Wildman–Crippen LogP) is 2.47. The Kier molecular flexibility index (Phi) is 8.45. The maximum atomic E-state index is 9.81. The first-order valence-electron chi connectivity index (χ1n) is 9.28. The summed E-state index contributed by atoms with van der Waals surface area (Å²) in [6.07, 6.45) is 3.17. The van der Waals surface area contributed by atoms with Crippen LogP contribution in [-0.4, -0.2) is 66.2 Å². The Balaban J connectivity index is 0.00000225. The number of hydrogen-bond donors (Lipinski definition) is 2. The first kappa shape index (κ1) is 20.5. The molecule has 5 nitrogen and oxygen atoms in total. The van der Waals surface area contributed by atoms with Crippen LogP contribution in [0.5, 0.6) is 0 Å². The molecule has 0 amide bonds. The van der Waals surface area contributed by atoms with Gasteiger partial charge in [-0.05, 0) is 44.8 Å². The summed E-state index contributed by atoms with van der Waals surface area (Å²) < 4.78 is 0. The van der Waals surface area contributed by atoms with E-state index < -0.39 is 0 Å². The highest BCUT2D eigenvalue weighted by atomic mass is 127. The SMILES string of the molecule is CCNC(=NCC(c1ccccc1)N1CCCC1)N1CC[C@@H](O)C1.I. The zero-order chi connectivity index (χ0) is 16.8. The van der Waals surface area contributed by atoms with Crippen molar-refractivity contribution in [2.24, 2.45) is 4.99 Å². The van der Waals surface area contributed by atoms with Crippen molar-refractivity contribution in [3.05, 3.63) is 35.9 Å². The fraction of sp³-hybridized carbons (Fsp3) is 0.632. The number of halogens is 1. The number of aliphatic hydroxyl groups excluding tert-OH is 1. The minimum absolute atomic E-state index is 0. The van der Waals surface area contributed by atoms with E-state index in [2.05, 4.69) is 52.4 Å². The highest BCUT2D eigenvalue weighted by Gasteiger charge is 2.25. The number of benzene rings is 1. The molecule has 2 aliphatic heterocycles. The molecule has 2 aliphatic rings. The van der Waals surface area contributed by atoms with Crippen LogP contribution in [0.3, 0.4) is 0 Å². The highest BCUT2D eigenvalue weighted by molar-refractivity contribution is 14.0. The molecule has 1 aromatic carbocycles. The minimum Gasteiger partial charge on any atom is -0.391 e. The molecule has 0 saturated carbocycles. The van der Waals surface area contributed by atoms with Crippen molar-refractivity contribution in [3.63, 3.8) is 0 Å². The lowest BCUT2D eigenvalue weighted by atomic mass is 10.1. The van der Waals surface area contributed by atoms with Gasteiger partial charge in [-0.3, -0.25) is 9.89 Å². The summed E-state index contributed by atoms with van der Waals surface area (Å²) in [6, 6.07) is 11.1. The zero-order valence-electron chi connectivity index (χ0n) is 15.1. The monoisotopic (exact) mass is 458 g/mol. The third-order valence-electron chi connectivity index (χ3n) is 4.98. The van der Waals surface area contributed by atoms with Gasteiger partial charge in [-0.25, -0.2) is 0 Å². The molecule has 3 rings (SSSR count). The lowest BCUT2D eigenvalue weighted by Gasteiger charge is -2.28. The molecule has 0 radical (unpaired) electrons. The van der Waals surface area contributed by atoms with Gasteiger partial charge in [-0.15, -0.1) is 24.0 Å². The first-order valence-corrected chi connectivity index (χ1v) is 9.28. The molecule has 2 heterocycles. The Hall–Kier alpha value is -0.860. The van der Waals surface area contributed by atoms with Crippen molar-refractivity contribution in [3.8, 4) is 0 Å². The topological polar surface area (TPSA) is 51.1 Å². The molecule has 25 heavy (non-hydrogen) atoms. The molecule has 2 fully saturated rings. The van der Waals surface area contributed by atoms with E-state index in [0.717, 1.165) is 45.1 Å². The molecule has 0 spiro atoms. The van der Waals surface area contributed by atoms with Crippen LogP contribution in [0.25, 0.3) is 0 Å². The Morgan fingerprint density at radius 2 is 1.96 bits per heavy atom. The largest absolute Gasteiger partial charge is 0.391 e. The van der Waals surface area contributed by atoms with Gasteiger partial charge in [0.05, 0.1) is 18.7 Å². The molecule has 1 aromatic rings. The van der Waals surface area contributed by atoms with Crippen LogP contribution in [0.15, 0.2) is 35.3 Å². The lowest BCUT2D eigenvalue weighted by Crippen LogP contribution is -2.41. The average molecular weight is 458 g/mol. The van der Waals surface area contributed by atoms with E-state index in [0.29, 0.717) is 12.6 Å². The van der Waals surface area contributed by atoms with Crippen molar-refractivity contribution in [1.82, 2.24) is 15.1 Å². The molecular weight excluding hydrogens is 427 g/mol. The van der Waals surface area contributed by atoms with Gasteiger partial charge in [-0.1, -0.05) is 30.3 Å². The van der Waals surface area contributed by atoms with Crippen LogP contribution < -0.4 is 5.32 Å². The third-order valence-corrected chi connectivity index (χ3v) is 4.98. The maximum Gasteiger partial charge on any atom is 0.194 e. The smallest absolute Gasteiger partial charge is 0.194 e. The van der Waals surface area contributed by atoms with E-state index in [-0.39, 0.29) is 30.1 Å². The van der Waals surface area contributed by atoms with Gasteiger partial charge in [0.1, 0.15) is 0 Å². The summed E-state index contributed by atoms with van der Waals surface area (Å²) in [7, 11) is 0. The highest BCUT2D eigenvalue weighted by Crippen LogP contribution is 2.25. The van der Waals surface area contributed by atoms with Gasteiger partial charge < -0.3 is 15.3 Å². The van der Waals surface area contributed by atoms with Crippen molar-refractivity contribution in [1.29, 1.82) is 0 Å². The molecule has 140 valence electrons. The predicted molar refractivity (Wildman–Crippen MR) is 114 cm³/mol. The number of rotatable bonds is 5. The maximum absolute atomic E-state index is 9.81. The van der Waals surface area contributed by atoms with Gasteiger partial charge in [0, 0.05) is 19.6 Å². The van der Waals surface area contributed by atoms with Crippen molar-refractivity contribution in [2.45, 2.75) is 38.3 Å². The van der Waals surface area contributed by atoms with E-state index in [1.807, 2.05) is 0 Å². The molecule has 1 unspecified atom stereocenters. The van der Waals surface area contributed by atoms with Crippen LogP contribution >= 0.6 is 24.0 Å². The van der Waals surface area contributed by atoms with Crippen molar-refractivity contribution < 1.29 is 5.11 Å². The quantitative estimate of drug-likeness (QED) is 0.405. The summed E-state index contributed by atoms with van der Waals surface area (Å²) in [5, 5.41) is 13.2. The van der Waals surface area contributed by atoms with Gasteiger partial charge >= 0.3 is 0 Å². The van der Waals surface area contributed by atoms with Crippen LogP contribution in [-0.2, 0) is 0 Å². The summed E-state index contributed by atoms with van der Waals surface area (Å²) in [6.45, 7) is 7.60. The third kappa shape index (κ3) is 5.56. The second-order valence-corrected chi connectivity index (χ2v) is 6.75. The Morgan fingerprint density at radius 1 is 1.24 bits per heavy atom. The number of likely N-dealkylation sites (tertiary alicyclic amines) is 2. The second-order valence-electron chi connectivity index (χ2n) is 6.75. The Bertz CT molecular complexity index is 533. The van der Waals surface area contributed by atoms with E-state index in [4.69, 9.17) is 4.99 Å². The molecule has 2 atom stereocenters. The fourth-order valence-corrected chi connectivity index (χ4v) is 3.69. The van der Waals surface area contributed by atoms with E-state index >= 15 is 0 Å². The summed E-state index contributed by atoms with van der Waals surface area (Å²) in [5.41, 5.74) is 1.35. The van der Waals surface area contributed by atoms with E-state index in [1.54, 1.807) is 0 Å². The Morgan fingerprint density at radius 3 is 2.56 bits per heavy atom. The first-order chi connectivity index (χ1) is 11.8. The normalized spacial score (nSPS) is 22.7. The van der Waals surface area contributed by atoms with Gasteiger partial charge in [0.15, 0.2) is 5.96 Å². The van der Waals surface area contributed by atoms with Gasteiger partial charge in [0.2, 0.25) is 0 Å². The van der Waals surface area contributed by atoms with Gasteiger partial charge in [-0.2, -0.15) is 0 Å². The lowest BCUT2D eigenvalue weighted by molar-refractivity contribution is 0.187. The number of aliphatic hydroxyl groups is 1. The van der Waals surface area contributed by atoms with E-state index in [9.17, 15) is 5.11 Å². The number of β-amino-alcohol motifs (C(OH)–C–C–N with tert-alkyl or cyclic N) is 1. The number of hydrogen-bond acceptors (Lipinski definition) is 3. The number of aliphatic imine (C=N–C) groups is 1. The van der Waals surface area contributed by atoms with Crippen LogP contribution in [0.2, 0.25) is 0 Å². The van der Waals surface area contributed by atoms with E-state index in [1.165, 1.54) is 18.4 Å². The minimum atomic E-state index is -0.225. The molecule has 0 bridgehead atoms. The molecule has 0 aliphatic carbocycles. The number of nitrogens with one attached hydrogen (secondary N) is 1. The molecule has 2 saturated heterocycles. The average Bonchev–Trinajstić information content (AvgIpc) is 3.27. The summed E-state index contributed by atoms with van der Waals surface area (Å²) >= 11 is 0. The standard InChI is InChI=1S/C19H30N4O.HI/c1-2-20-19(23-13-10-17(24)15-23)21-14-18(22-11-6-7-12-22)16-8-4-3-5-9-16;/h3-5,8-9,17-18,24H,2,6-7,10-15H2,1H3,(H,20,21);1H/t17-,18?;/m1./s1. The van der Waals surface area contributed by atoms with Crippen molar-refractivity contribution in [2.75, 3.05) is 39.3 Å². The van der Waals surface area contributed by atoms with Crippen LogP contribution in [0, 0.1) is 0 Å². The molecule has 6 heteroatoms. The molecule has 2 N–H and O–H groups in total. The molecule has 0 aromatic heterocycles.